The van der Waals surface area contributed by atoms with Gasteiger partial charge in [-0.3, -0.25) is 4.79 Å². The monoisotopic (exact) mass is 208 g/mol. The molecular formula is C12H20N2O. The van der Waals surface area contributed by atoms with Gasteiger partial charge in [0.2, 0.25) is 5.91 Å². The molecule has 3 nitrogen and oxygen atoms in total. The Hall–Kier alpha value is -0.830. The quantitative estimate of drug-likeness (QED) is 0.675. The van der Waals surface area contributed by atoms with E-state index >= 15 is 0 Å². The Bertz CT molecular complexity index is 275. The first-order valence-electron chi connectivity index (χ1n) is 5.84. The number of nitrogens with one attached hydrogen (secondary N) is 2. The van der Waals surface area contributed by atoms with Gasteiger partial charge in [0.15, 0.2) is 0 Å². The predicted octanol–water partition coefficient (Wildman–Crippen LogP) is 0.923. The molecule has 1 amide bonds. The largest absolute Gasteiger partial charge is 0.358 e. The Balaban J connectivity index is 1.75. The lowest BCUT2D eigenvalue weighted by atomic mass is 9.93. The standard InChI is InChI=1S/C12H20N2O/c1-8(12(15)13-2)14-7-11-6-9-3-4-10(11)5-9/h3-4,8-11,14H,5-7H2,1-2H3,(H,13,15). The third-order valence-corrected chi connectivity index (χ3v) is 3.74. The minimum Gasteiger partial charge on any atom is -0.358 e. The van der Waals surface area contributed by atoms with Crippen LogP contribution in [0.5, 0.6) is 0 Å². The van der Waals surface area contributed by atoms with Crippen molar-refractivity contribution in [2.45, 2.75) is 25.8 Å². The number of hydrogen-bond donors (Lipinski definition) is 2. The van der Waals surface area contributed by atoms with Crippen molar-refractivity contribution in [3.63, 3.8) is 0 Å². The van der Waals surface area contributed by atoms with Crippen LogP contribution >= 0.6 is 0 Å². The van der Waals surface area contributed by atoms with Crippen LogP contribution in [0.4, 0.5) is 0 Å². The number of carbonyl (C=O) groups excluding carboxylic acids is 1. The van der Waals surface area contributed by atoms with Crippen LogP contribution in [0.15, 0.2) is 12.2 Å². The lowest BCUT2D eigenvalue weighted by Gasteiger charge is -2.21. The molecule has 2 aliphatic carbocycles. The van der Waals surface area contributed by atoms with Gasteiger partial charge in [-0.25, -0.2) is 0 Å². The van der Waals surface area contributed by atoms with Crippen molar-refractivity contribution >= 4 is 5.91 Å². The lowest BCUT2D eigenvalue weighted by molar-refractivity contribution is -0.122. The first-order valence-corrected chi connectivity index (χ1v) is 5.84. The van der Waals surface area contributed by atoms with Crippen LogP contribution in [0.25, 0.3) is 0 Å². The highest BCUT2D eigenvalue weighted by Gasteiger charge is 2.35. The molecule has 0 spiro atoms. The van der Waals surface area contributed by atoms with Crippen LogP contribution in [0.2, 0.25) is 0 Å². The van der Waals surface area contributed by atoms with Gasteiger partial charge < -0.3 is 10.6 Å². The van der Waals surface area contributed by atoms with Crippen LogP contribution in [-0.2, 0) is 4.79 Å². The van der Waals surface area contributed by atoms with Crippen molar-refractivity contribution in [1.82, 2.24) is 10.6 Å². The summed E-state index contributed by atoms with van der Waals surface area (Å²) >= 11 is 0. The first-order chi connectivity index (χ1) is 7.20. The van der Waals surface area contributed by atoms with E-state index in [1.54, 1.807) is 7.05 Å². The summed E-state index contributed by atoms with van der Waals surface area (Å²) in [6.45, 7) is 2.89. The van der Waals surface area contributed by atoms with Crippen molar-refractivity contribution in [2.24, 2.45) is 17.8 Å². The maximum atomic E-state index is 11.3. The number of likely N-dealkylation sites (N-methyl/N-ethyl adjacent to an activating group) is 1. The van der Waals surface area contributed by atoms with E-state index in [4.69, 9.17) is 0 Å². The fourth-order valence-corrected chi connectivity index (χ4v) is 2.77. The molecule has 0 heterocycles. The van der Waals surface area contributed by atoms with Gasteiger partial charge in [-0.1, -0.05) is 12.2 Å². The zero-order valence-corrected chi connectivity index (χ0v) is 9.49. The molecule has 0 aliphatic heterocycles. The van der Waals surface area contributed by atoms with Crippen LogP contribution in [0, 0.1) is 17.8 Å². The number of allylic oxidation sites excluding steroid dienone is 2. The van der Waals surface area contributed by atoms with E-state index in [9.17, 15) is 4.79 Å². The van der Waals surface area contributed by atoms with Crippen molar-refractivity contribution in [3.8, 4) is 0 Å². The average Bonchev–Trinajstić information content (AvgIpc) is 2.86. The molecule has 0 saturated heterocycles. The molecule has 2 N–H and O–H groups in total. The molecule has 0 aromatic rings. The van der Waals surface area contributed by atoms with Gasteiger partial charge in [-0.05, 0) is 44.1 Å². The maximum Gasteiger partial charge on any atom is 0.236 e. The summed E-state index contributed by atoms with van der Waals surface area (Å²) in [6.07, 6.45) is 7.34. The van der Waals surface area contributed by atoms with Crippen molar-refractivity contribution in [1.29, 1.82) is 0 Å². The molecule has 0 aromatic heterocycles. The topological polar surface area (TPSA) is 41.1 Å². The van der Waals surface area contributed by atoms with Gasteiger partial charge in [-0.15, -0.1) is 0 Å². The zero-order chi connectivity index (χ0) is 10.8. The second kappa shape index (κ2) is 4.35. The van der Waals surface area contributed by atoms with E-state index in [0.717, 1.165) is 24.3 Å². The SMILES string of the molecule is CNC(=O)C(C)NCC1CC2C=CC1C2. The van der Waals surface area contributed by atoms with E-state index in [2.05, 4.69) is 22.8 Å². The Kier molecular flexibility index (Phi) is 3.10. The van der Waals surface area contributed by atoms with E-state index < -0.39 is 0 Å². The zero-order valence-electron chi connectivity index (χ0n) is 9.49. The van der Waals surface area contributed by atoms with Crippen LogP contribution < -0.4 is 10.6 Å². The van der Waals surface area contributed by atoms with E-state index in [1.165, 1.54) is 12.8 Å². The molecule has 2 bridgehead atoms. The Labute approximate surface area is 91.3 Å². The molecule has 1 fully saturated rings. The summed E-state index contributed by atoms with van der Waals surface area (Å²) < 4.78 is 0. The van der Waals surface area contributed by atoms with Crippen LogP contribution in [-0.4, -0.2) is 25.5 Å². The molecule has 4 atom stereocenters. The number of amides is 1. The highest BCUT2D eigenvalue weighted by atomic mass is 16.2. The number of hydrogen-bond acceptors (Lipinski definition) is 2. The third-order valence-electron chi connectivity index (χ3n) is 3.74. The molecule has 0 aromatic carbocycles. The van der Waals surface area contributed by atoms with Gasteiger partial charge in [0.05, 0.1) is 6.04 Å². The molecule has 1 saturated carbocycles. The highest BCUT2D eigenvalue weighted by molar-refractivity contribution is 5.80. The van der Waals surface area contributed by atoms with Gasteiger partial charge in [0.1, 0.15) is 0 Å². The normalized spacial score (nSPS) is 34.4. The van der Waals surface area contributed by atoms with Gasteiger partial charge >= 0.3 is 0 Å². The molecule has 15 heavy (non-hydrogen) atoms. The number of carbonyl (C=O) groups is 1. The van der Waals surface area contributed by atoms with Crippen LogP contribution in [0.1, 0.15) is 19.8 Å². The lowest BCUT2D eigenvalue weighted by Crippen LogP contribution is -2.43. The van der Waals surface area contributed by atoms with Gasteiger partial charge in [-0.2, -0.15) is 0 Å². The maximum absolute atomic E-state index is 11.3. The van der Waals surface area contributed by atoms with Gasteiger partial charge in [0.25, 0.3) is 0 Å². The summed E-state index contributed by atoms with van der Waals surface area (Å²) in [6, 6.07) is -0.0712. The highest BCUT2D eigenvalue weighted by Crippen LogP contribution is 2.42. The second-order valence-corrected chi connectivity index (χ2v) is 4.78. The summed E-state index contributed by atoms with van der Waals surface area (Å²) in [5.74, 6) is 2.40. The third kappa shape index (κ3) is 2.23. The molecule has 2 aliphatic rings. The second-order valence-electron chi connectivity index (χ2n) is 4.78. The predicted molar refractivity (Wildman–Crippen MR) is 60.4 cm³/mol. The summed E-state index contributed by atoms with van der Waals surface area (Å²) in [7, 11) is 1.68. The fraction of sp³-hybridized carbons (Fsp3) is 0.750. The molecule has 2 rings (SSSR count). The number of fused-ring (bicyclic) bond motifs is 2. The Morgan fingerprint density at radius 2 is 2.27 bits per heavy atom. The molecule has 84 valence electrons. The minimum absolute atomic E-state index is 0.0712. The van der Waals surface area contributed by atoms with Crippen LogP contribution in [0.3, 0.4) is 0 Å². The fourth-order valence-electron chi connectivity index (χ4n) is 2.77. The first kappa shape index (κ1) is 10.7. The smallest absolute Gasteiger partial charge is 0.236 e. The Morgan fingerprint density at radius 3 is 2.80 bits per heavy atom. The van der Waals surface area contributed by atoms with Gasteiger partial charge in [0, 0.05) is 7.05 Å². The number of rotatable bonds is 4. The minimum atomic E-state index is -0.0712. The molecule has 3 heteroatoms. The Morgan fingerprint density at radius 1 is 1.47 bits per heavy atom. The van der Waals surface area contributed by atoms with Crippen molar-refractivity contribution in [3.05, 3.63) is 12.2 Å². The van der Waals surface area contributed by atoms with Crippen molar-refractivity contribution in [2.75, 3.05) is 13.6 Å². The van der Waals surface area contributed by atoms with E-state index in [0.29, 0.717) is 0 Å². The van der Waals surface area contributed by atoms with Crippen molar-refractivity contribution < 1.29 is 4.79 Å². The van der Waals surface area contributed by atoms with E-state index in [-0.39, 0.29) is 11.9 Å². The summed E-state index contributed by atoms with van der Waals surface area (Å²) in [4.78, 5) is 11.3. The molecular weight excluding hydrogens is 188 g/mol. The summed E-state index contributed by atoms with van der Waals surface area (Å²) in [5.41, 5.74) is 0. The molecule has 4 unspecified atom stereocenters. The molecule has 0 radical (unpaired) electrons. The summed E-state index contributed by atoms with van der Waals surface area (Å²) in [5, 5.41) is 5.97. The van der Waals surface area contributed by atoms with E-state index in [1.807, 2.05) is 6.92 Å². The average molecular weight is 208 g/mol.